The number of pyridine rings is 1. The first-order valence-corrected chi connectivity index (χ1v) is 11.1. The predicted octanol–water partition coefficient (Wildman–Crippen LogP) is 5.12. The normalized spacial score (nSPS) is 12.6. The number of nitrogens with one attached hydrogen (secondary N) is 1. The van der Waals surface area contributed by atoms with Crippen LogP contribution in [0.25, 0.3) is 10.9 Å². The van der Waals surface area contributed by atoms with Gasteiger partial charge in [0.15, 0.2) is 6.61 Å². The fraction of sp³-hybridized carbons (Fsp3) is 0.222. The number of phenols is 1. The maximum absolute atomic E-state index is 14.3. The van der Waals surface area contributed by atoms with Gasteiger partial charge in [0.1, 0.15) is 22.8 Å². The molecule has 0 aliphatic carbocycles. The summed E-state index contributed by atoms with van der Waals surface area (Å²) in [5.74, 6) is -3.68. The molecule has 0 bridgehead atoms. The van der Waals surface area contributed by atoms with Crippen LogP contribution in [-0.4, -0.2) is 34.9 Å². The van der Waals surface area contributed by atoms with Crippen LogP contribution in [0.4, 0.5) is 13.2 Å². The average molecular weight is 483 g/mol. The van der Waals surface area contributed by atoms with Crippen molar-refractivity contribution in [1.82, 2.24) is 10.3 Å². The molecule has 0 aliphatic rings. The molecule has 0 spiro atoms. The first-order chi connectivity index (χ1) is 16.8. The fourth-order valence-electron chi connectivity index (χ4n) is 3.78. The lowest BCUT2D eigenvalue weighted by Crippen LogP contribution is -2.24. The number of aromatic hydroxyl groups is 1. The summed E-state index contributed by atoms with van der Waals surface area (Å²) in [5.41, 5.74) is 1.66. The van der Waals surface area contributed by atoms with Gasteiger partial charge < -0.3 is 20.3 Å². The molecule has 1 atom stereocenters. The third-order valence-corrected chi connectivity index (χ3v) is 5.66. The van der Waals surface area contributed by atoms with E-state index in [-0.39, 0.29) is 5.75 Å². The van der Waals surface area contributed by atoms with E-state index in [4.69, 9.17) is 4.74 Å². The maximum atomic E-state index is 14.3. The molecule has 1 aromatic heterocycles. The molecule has 3 aromatic carbocycles. The van der Waals surface area contributed by atoms with E-state index in [1.807, 2.05) is 0 Å². The number of aliphatic hydroxyl groups excluding tert-OH is 1. The van der Waals surface area contributed by atoms with Crippen molar-refractivity contribution in [2.24, 2.45) is 0 Å². The van der Waals surface area contributed by atoms with E-state index in [2.05, 4.69) is 10.3 Å². The summed E-state index contributed by atoms with van der Waals surface area (Å²) < 4.78 is 47.0. The number of rotatable bonds is 10. The molecular weight excluding hydrogens is 457 g/mol. The second-order valence-electron chi connectivity index (χ2n) is 8.19. The quantitative estimate of drug-likeness (QED) is 0.274. The summed E-state index contributed by atoms with van der Waals surface area (Å²) in [7, 11) is 0. The zero-order chi connectivity index (χ0) is 24.8. The Balaban J connectivity index is 1.25. The van der Waals surface area contributed by atoms with Gasteiger partial charge in [0.25, 0.3) is 0 Å². The monoisotopic (exact) mass is 482 g/mol. The molecule has 3 N–H and O–H groups in total. The zero-order valence-corrected chi connectivity index (χ0v) is 18.8. The van der Waals surface area contributed by atoms with Gasteiger partial charge in [-0.05, 0) is 60.5 Å². The molecule has 0 fully saturated rings. The molecule has 182 valence electrons. The third kappa shape index (κ3) is 6.09. The summed E-state index contributed by atoms with van der Waals surface area (Å²) >= 11 is 0. The van der Waals surface area contributed by atoms with Gasteiger partial charge >= 0.3 is 5.92 Å². The van der Waals surface area contributed by atoms with Gasteiger partial charge in [-0.25, -0.2) is 4.39 Å². The molecule has 0 aliphatic heterocycles. The van der Waals surface area contributed by atoms with E-state index >= 15 is 0 Å². The van der Waals surface area contributed by atoms with E-state index in [1.54, 1.807) is 48.7 Å². The minimum atomic E-state index is -3.32. The van der Waals surface area contributed by atoms with Crippen LogP contribution in [0.1, 0.15) is 22.8 Å². The summed E-state index contributed by atoms with van der Waals surface area (Å²) in [6.07, 6.45) is 1.46. The Morgan fingerprint density at radius 2 is 1.80 bits per heavy atom. The summed E-state index contributed by atoms with van der Waals surface area (Å²) in [5, 5.41) is 24.4. The van der Waals surface area contributed by atoms with Crippen LogP contribution in [0.5, 0.6) is 11.5 Å². The predicted molar refractivity (Wildman–Crippen MR) is 127 cm³/mol. The number of phenolic OH excluding ortho intramolecular Hbond substituents is 1. The summed E-state index contributed by atoms with van der Waals surface area (Å²) in [6, 6.07) is 17.9. The Kier molecular flexibility index (Phi) is 7.53. The highest BCUT2D eigenvalue weighted by Crippen LogP contribution is 2.30. The van der Waals surface area contributed by atoms with Crippen LogP contribution < -0.4 is 10.1 Å². The van der Waals surface area contributed by atoms with Gasteiger partial charge in [-0.15, -0.1) is 0 Å². The number of hydrogen-bond acceptors (Lipinski definition) is 5. The fourth-order valence-corrected chi connectivity index (χ4v) is 3.78. The number of benzene rings is 3. The molecule has 1 heterocycles. The van der Waals surface area contributed by atoms with Crippen LogP contribution >= 0.6 is 0 Å². The Morgan fingerprint density at radius 1 is 1.00 bits per heavy atom. The summed E-state index contributed by atoms with van der Waals surface area (Å²) in [4.78, 5) is 4.16. The average Bonchev–Trinajstić information content (AvgIpc) is 2.86. The highest BCUT2D eigenvalue weighted by molar-refractivity contribution is 5.87. The zero-order valence-electron chi connectivity index (χ0n) is 18.8. The molecule has 1 unspecified atom stereocenters. The Labute approximate surface area is 200 Å². The van der Waals surface area contributed by atoms with Crippen molar-refractivity contribution < 1.29 is 28.1 Å². The number of halogens is 3. The maximum Gasteiger partial charge on any atom is 0.306 e. The standard InChI is InChI=1S/C27H25F3N2O3/c28-20-4-1-3-19(15-20)27(29,30)17-35-21-8-6-18(7-9-21)12-14-31-16-25(34)22-10-11-24(33)26-23(22)5-2-13-32-26/h1-11,13,15,25,31,33-34H,12,14,16-17H2. The van der Waals surface area contributed by atoms with E-state index < -0.39 is 30.0 Å². The lowest BCUT2D eigenvalue weighted by atomic mass is 10.0. The molecule has 0 saturated heterocycles. The van der Waals surface area contributed by atoms with Crippen LogP contribution in [0, 0.1) is 5.82 Å². The van der Waals surface area contributed by atoms with Gasteiger partial charge in [0.05, 0.1) is 6.10 Å². The molecular formula is C27H25F3N2O3. The van der Waals surface area contributed by atoms with Gasteiger partial charge in [-0.1, -0.05) is 36.4 Å². The number of fused-ring (bicyclic) bond motifs is 1. The van der Waals surface area contributed by atoms with Crippen molar-refractivity contribution >= 4 is 10.9 Å². The lowest BCUT2D eigenvalue weighted by Gasteiger charge is -2.18. The second kappa shape index (κ2) is 10.8. The number of hydrogen-bond donors (Lipinski definition) is 3. The first kappa shape index (κ1) is 24.5. The molecule has 4 aromatic rings. The van der Waals surface area contributed by atoms with Crippen molar-refractivity contribution in [1.29, 1.82) is 0 Å². The van der Waals surface area contributed by atoms with Crippen molar-refractivity contribution in [3.05, 3.63) is 102 Å². The van der Waals surface area contributed by atoms with Gasteiger partial charge in [0, 0.05) is 23.7 Å². The van der Waals surface area contributed by atoms with E-state index in [0.29, 0.717) is 41.7 Å². The topological polar surface area (TPSA) is 74.6 Å². The van der Waals surface area contributed by atoms with E-state index in [0.717, 1.165) is 17.7 Å². The van der Waals surface area contributed by atoms with Gasteiger partial charge in [0.2, 0.25) is 0 Å². The van der Waals surface area contributed by atoms with Crippen molar-refractivity contribution in [2.45, 2.75) is 18.4 Å². The van der Waals surface area contributed by atoms with Gasteiger partial charge in [-0.2, -0.15) is 8.78 Å². The molecule has 4 rings (SSSR count). The Hall–Kier alpha value is -3.62. The molecule has 0 radical (unpaired) electrons. The number of aromatic nitrogens is 1. The van der Waals surface area contributed by atoms with Gasteiger partial charge in [-0.3, -0.25) is 4.98 Å². The summed E-state index contributed by atoms with van der Waals surface area (Å²) in [6.45, 7) is 0.00497. The number of nitrogens with zero attached hydrogens (tertiary/aromatic N) is 1. The molecule has 8 heteroatoms. The Bertz CT molecular complexity index is 1280. The highest BCUT2D eigenvalue weighted by atomic mass is 19.3. The lowest BCUT2D eigenvalue weighted by molar-refractivity contribution is -0.0469. The third-order valence-electron chi connectivity index (χ3n) is 5.66. The van der Waals surface area contributed by atoms with Crippen LogP contribution in [0.15, 0.2) is 79.0 Å². The van der Waals surface area contributed by atoms with Crippen LogP contribution in [0.3, 0.4) is 0 Å². The van der Waals surface area contributed by atoms with Crippen molar-refractivity contribution in [3.8, 4) is 11.5 Å². The molecule has 35 heavy (non-hydrogen) atoms. The molecule has 0 saturated carbocycles. The largest absolute Gasteiger partial charge is 0.506 e. The first-order valence-electron chi connectivity index (χ1n) is 11.1. The minimum absolute atomic E-state index is 0.0645. The van der Waals surface area contributed by atoms with Crippen molar-refractivity contribution in [3.63, 3.8) is 0 Å². The van der Waals surface area contributed by atoms with Crippen LogP contribution in [-0.2, 0) is 12.3 Å². The number of ether oxygens (including phenoxy) is 1. The van der Waals surface area contributed by atoms with Crippen molar-refractivity contribution in [2.75, 3.05) is 19.7 Å². The van der Waals surface area contributed by atoms with E-state index in [9.17, 15) is 23.4 Å². The molecule has 5 nitrogen and oxygen atoms in total. The second-order valence-corrected chi connectivity index (χ2v) is 8.19. The number of aliphatic hydroxyl groups is 1. The Morgan fingerprint density at radius 3 is 2.57 bits per heavy atom. The number of alkyl halides is 2. The molecule has 0 amide bonds. The highest BCUT2D eigenvalue weighted by Gasteiger charge is 2.33. The SMILES string of the molecule is Oc1ccc(C(O)CNCCc2ccc(OCC(F)(F)c3cccc(F)c3)cc2)c2cccnc12. The van der Waals surface area contributed by atoms with Crippen LogP contribution in [0.2, 0.25) is 0 Å². The van der Waals surface area contributed by atoms with E-state index in [1.165, 1.54) is 18.2 Å². The minimum Gasteiger partial charge on any atom is -0.506 e. The smallest absolute Gasteiger partial charge is 0.306 e.